The first kappa shape index (κ1) is 12.9. The molecular weight excluding hydrogens is 182 g/mol. The summed E-state index contributed by atoms with van der Waals surface area (Å²) in [5, 5.41) is 5.53. The van der Waals surface area contributed by atoms with Gasteiger partial charge in [-0.05, 0) is 20.9 Å². The molecule has 0 atom stereocenters. The maximum Gasteiger partial charge on any atom is 0.224 e. The van der Waals surface area contributed by atoms with Crippen LogP contribution in [0.1, 0.15) is 20.3 Å². The normalized spacial score (nSPS) is 11.1. The molecule has 0 aromatic heterocycles. The van der Waals surface area contributed by atoms with E-state index in [1.54, 1.807) is 20.9 Å². The Bertz CT molecular complexity index is 214. The Balaban J connectivity index is 3.82. The average Bonchev–Trinajstić information content (AvgIpc) is 2.11. The Hall–Kier alpha value is -1.10. The van der Waals surface area contributed by atoms with Gasteiger partial charge in [0.05, 0.1) is 5.41 Å². The smallest absolute Gasteiger partial charge is 0.224 e. The number of hydrogen-bond donors (Lipinski definition) is 3. The highest BCUT2D eigenvalue weighted by atomic mass is 16.2. The predicted octanol–water partition coefficient (Wildman–Crippen LogP) is -0.776. The number of carbonyl (C=O) groups is 2. The Kier molecular flexibility index (Phi) is 5.15. The summed E-state index contributed by atoms with van der Waals surface area (Å²) in [4.78, 5) is 22.1. The van der Waals surface area contributed by atoms with Gasteiger partial charge in [0.2, 0.25) is 11.8 Å². The van der Waals surface area contributed by atoms with Gasteiger partial charge in [-0.15, -0.1) is 0 Å². The maximum atomic E-state index is 11.2. The molecule has 5 nitrogen and oxygen atoms in total. The molecule has 0 unspecified atom stereocenters. The van der Waals surface area contributed by atoms with Gasteiger partial charge in [-0.3, -0.25) is 9.59 Å². The van der Waals surface area contributed by atoms with Crippen LogP contribution in [0.15, 0.2) is 0 Å². The summed E-state index contributed by atoms with van der Waals surface area (Å²) < 4.78 is 0. The fourth-order valence-corrected chi connectivity index (χ4v) is 0.734. The van der Waals surface area contributed by atoms with Crippen molar-refractivity contribution in [1.82, 2.24) is 10.6 Å². The fraction of sp³-hybridized carbons (Fsp3) is 0.778. The van der Waals surface area contributed by atoms with E-state index in [4.69, 9.17) is 5.73 Å². The molecule has 0 aliphatic heterocycles. The monoisotopic (exact) mass is 201 g/mol. The molecule has 0 aromatic carbocycles. The molecule has 0 aromatic rings. The molecule has 0 bridgehead atoms. The van der Waals surface area contributed by atoms with Gasteiger partial charge in [0.15, 0.2) is 0 Å². The Morgan fingerprint density at radius 2 is 1.93 bits per heavy atom. The van der Waals surface area contributed by atoms with Crippen molar-refractivity contribution in [3.8, 4) is 0 Å². The number of amides is 2. The lowest BCUT2D eigenvalue weighted by Gasteiger charge is -2.20. The first-order valence-electron chi connectivity index (χ1n) is 4.61. The lowest BCUT2D eigenvalue weighted by atomic mass is 9.93. The first-order valence-corrected chi connectivity index (χ1v) is 4.61. The third-order valence-electron chi connectivity index (χ3n) is 2.00. The second kappa shape index (κ2) is 5.59. The number of nitrogens with one attached hydrogen (secondary N) is 2. The second-order valence-corrected chi connectivity index (χ2v) is 3.88. The van der Waals surface area contributed by atoms with E-state index in [9.17, 15) is 9.59 Å². The van der Waals surface area contributed by atoms with Crippen molar-refractivity contribution >= 4 is 11.8 Å². The number of nitrogens with two attached hydrogens (primary N) is 1. The molecule has 0 spiro atoms. The van der Waals surface area contributed by atoms with Crippen molar-refractivity contribution in [2.45, 2.75) is 20.3 Å². The minimum absolute atomic E-state index is 0.0753. The molecule has 82 valence electrons. The van der Waals surface area contributed by atoms with Crippen molar-refractivity contribution in [3.05, 3.63) is 0 Å². The largest absolute Gasteiger partial charge is 0.369 e. The van der Waals surface area contributed by atoms with Crippen LogP contribution in [0.5, 0.6) is 0 Å². The highest BCUT2D eigenvalue weighted by molar-refractivity contribution is 5.82. The molecule has 0 aliphatic carbocycles. The summed E-state index contributed by atoms with van der Waals surface area (Å²) in [6.07, 6.45) is 0.408. The number of hydrogen-bond acceptors (Lipinski definition) is 3. The van der Waals surface area contributed by atoms with Gasteiger partial charge in [-0.1, -0.05) is 0 Å². The third-order valence-corrected chi connectivity index (χ3v) is 2.00. The summed E-state index contributed by atoms with van der Waals surface area (Å²) >= 11 is 0. The maximum absolute atomic E-state index is 11.2. The predicted molar refractivity (Wildman–Crippen MR) is 54.5 cm³/mol. The molecule has 0 aliphatic rings. The van der Waals surface area contributed by atoms with Crippen LogP contribution in [0.2, 0.25) is 0 Å². The van der Waals surface area contributed by atoms with Gasteiger partial charge in [0.25, 0.3) is 0 Å². The quantitative estimate of drug-likeness (QED) is 0.527. The van der Waals surface area contributed by atoms with E-state index in [0.29, 0.717) is 13.0 Å². The summed E-state index contributed by atoms with van der Waals surface area (Å²) in [6, 6.07) is 0. The first-order chi connectivity index (χ1) is 6.40. The molecule has 2 amide bonds. The average molecular weight is 201 g/mol. The van der Waals surface area contributed by atoms with E-state index in [1.807, 2.05) is 0 Å². The van der Waals surface area contributed by atoms with Gasteiger partial charge < -0.3 is 16.4 Å². The molecule has 0 heterocycles. The summed E-state index contributed by atoms with van der Waals surface area (Å²) in [7, 11) is 1.78. The zero-order valence-electron chi connectivity index (χ0n) is 9.02. The number of primary amides is 1. The van der Waals surface area contributed by atoms with Crippen LogP contribution in [0.25, 0.3) is 0 Å². The van der Waals surface area contributed by atoms with E-state index >= 15 is 0 Å². The van der Waals surface area contributed by atoms with Crippen molar-refractivity contribution in [2.75, 3.05) is 20.1 Å². The third kappa shape index (κ3) is 4.81. The standard InChI is InChI=1S/C9H19N3O2/c1-9(2,8(10)14)6-12-7(13)4-5-11-3/h11H,4-6H2,1-3H3,(H2,10,14)(H,12,13). The van der Waals surface area contributed by atoms with Crippen molar-refractivity contribution in [2.24, 2.45) is 11.1 Å². The Morgan fingerprint density at radius 1 is 1.36 bits per heavy atom. The molecule has 14 heavy (non-hydrogen) atoms. The van der Waals surface area contributed by atoms with Crippen LogP contribution in [-0.2, 0) is 9.59 Å². The summed E-state index contributed by atoms with van der Waals surface area (Å²) in [5.74, 6) is -0.486. The molecule has 4 N–H and O–H groups in total. The summed E-state index contributed by atoms with van der Waals surface area (Å²) in [5.41, 5.74) is 4.47. The van der Waals surface area contributed by atoms with Gasteiger partial charge in [0.1, 0.15) is 0 Å². The van der Waals surface area contributed by atoms with Crippen LogP contribution in [0, 0.1) is 5.41 Å². The van der Waals surface area contributed by atoms with Gasteiger partial charge in [0, 0.05) is 19.5 Å². The zero-order chi connectivity index (χ0) is 11.2. The van der Waals surface area contributed by atoms with E-state index in [-0.39, 0.29) is 12.5 Å². The van der Waals surface area contributed by atoms with Gasteiger partial charge >= 0.3 is 0 Å². The van der Waals surface area contributed by atoms with E-state index in [0.717, 1.165) is 0 Å². The van der Waals surface area contributed by atoms with Crippen LogP contribution >= 0.6 is 0 Å². The van der Waals surface area contributed by atoms with Crippen LogP contribution in [0.4, 0.5) is 0 Å². The molecule has 0 fully saturated rings. The van der Waals surface area contributed by atoms with Crippen LogP contribution < -0.4 is 16.4 Å². The lowest BCUT2D eigenvalue weighted by molar-refractivity contribution is -0.127. The van der Waals surface area contributed by atoms with E-state index < -0.39 is 11.3 Å². The second-order valence-electron chi connectivity index (χ2n) is 3.88. The highest BCUT2D eigenvalue weighted by Gasteiger charge is 2.25. The molecule has 0 rings (SSSR count). The molecule has 0 saturated heterocycles. The topological polar surface area (TPSA) is 84.2 Å². The van der Waals surface area contributed by atoms with Crippen molar-refractivity contribution < 1.29 is 9.59 Å². The number of carbonyl (C=O) groups excluding carboxylic acids is 2. The zero-order valence-corrected chi connectivity index (χ0v) is 9.02. The van der Waals surface area contributed by atoms with Crippen LogP contribution in [0.3, 0.4) is 0 Å². The fourth-order valence-electron chi connectivity index (χ4n) is 0.734. The SMILES string of the molecule is CNCCC(=O)NCC(C)(C)C(N)=O. The Morgan fingerprint density at radius 3 is 2.36 bits per heavy atom. The van der Waals surface area contributed by atoms with Gasteiger partial charge in [-0.25, -0.2) is 0 Å². The van der Waals surface area contributed by atoms with Gasteiger partial charge in [-0.2, -0.15) is 0 Å². The van der Waals surface area contributed by atoms with Crippen molar-refractivity contribution in [1.29, 1.82) is 0 Å². The summed E-state index contributed by atoms with van der Waals surface area (Å²) in [6.45, 7) is 4.31. The van der Waals surface area contributed by atoms with E-state index in [2.05, 4.69) is 10.6 Å². The molecule has 5 heteroatoms. The molecule has 0 saturated carbocycles. The number of rotatable bonds is 6. The lowest BCUT2D eigenvalue weighted by Crippen LogP contribution is -2.42. The van der Waals surface area contributed by atoms with Crippen LogP contribution in [-0.4, -0.2) is 32.0 Å². The van der Waals surface area contributed by atoms with Crippen molar-refractivity contribution in [3.63, 3.8) is 0 Å². The highest BCUT2D eigenvalue weighted by Crippen LogP contribution is 2.11. The molecular formula is C9H19N3O2. The molecule has 0 radical (unpaired) electrons. The minimum Gasteiger partial charge on any atom is -0.369 e. The minimum atomic E-state index is -0.685. The van der Waals surface area contributed by atoms with E-state index in [1.165, 1.54) is 0 Å². The Labute approximate surface area is 84.4 Å².